The molecule has 1 aromatic heterocycles. The maximum absolute atomic E-state index is 12.3. The van der Waals surface area contributed by atoms with Crippen molar-refractivity contribution in [3.05, 3.63) is 83.0 Å². The molecule has 0 saturated heterocycles. The normalized spacial score (nSPS) is 10.6. The molecule has 1 heterocycles. The molecular formula is C28H26ClN3O4S. The van der Waals surface area contributed by atoms with Gasteiger partial charge in [0.15, 0.2) is 16.6 Å². The van der Waals surface area contributed by atoms with Gasteiger partial charge in [-0.25, -0.2) is 0 Å². The molecule has 1 amide bonds. The van der Waals surface area contributed by atoms with E-state index >= 15 is 0 Å². The van der Waals surface area contributed by atoms with E-state index in [9.17, 15) is 4.79 Å². The zero-order chi connectivity index (χ0) is 26.4. The summed E-state index contributed by atoms with van der Waals surface area (Å²) in [6.45, 7) is 2.03. The summed E-state index contributed by atoms with van der Waals surface area (Å²) in [7, 11) is 3.14. The number of benzene rings is 3. The summed E-state index contributed by atoms with van der Waals surface area (Å²) in [5.41, 5.74) is 3.58. The van der Waals surface area contributed by atoms with Gasteiger partial charge in [0.25, 0.3) is 0 Å². The van der Waals surface area contributed by atoms with Crippen molar-refractivity contribution in [3.8, 4) is 23.0 Å². The molecule has 0 unspecified atom stereocenters. The van der Waals surface area contributed by atoms with Gasteiger partial charge < -0.3 is 24.8 Å². The van der Waals surface area contributed by atoms with Gasteiger partial charge in [0, 0.05) is 29.8 Å². The Morgan fingerprint density at radius 1 is 0.973 bits per heavy atom. The lowest BCUT2D eigenvalue weighted by Gasteiger charge is -2.14. The molecule has 0 aliphatic rings. The van der Waals surface area contributed by atoms with E-state index in [4.69, 9.17) is 38.0 Å². The van der Waals surface area contributed by atoms with Crippen LogP contribution in [0.2, 0.25) is 5.02 Å². The Morgan fingerprint density at radius 2 is 1.76 bits per heavy atom. The van der Waals surface area contributed by atoms with Crippen LogP contribution in [0.1, 0.15) is 17.5 Å². The quantitative estimate of drug-likeness (QED) is 0.251. The minimum Gasteiger partial charge on any atom is -0.493 e. The maximum atomic E-state index is 12.3. The molecule has 0 atom stereocenters. The lowest BCUT2D eigenvalue weighted by atomic mass is 10.1. The number of halogens is 1. The Labute approximate surface area is 225 Å². The summed E-state index contributed by atoms with van der Waals surface area (Å²) in [5, 5.41) is 7.00. The molecule has 0 spiro atoms. The summed E-state index contributed by atoms with van der Waals surface area (Å²) < 4.78 is 16.9. The highest BCUT2D eigenvalue weighted by molar-refractivity contribution is 7.80. The van der Waals surface area contributed by atoms with Crippen molar-refractivity contribution in [2.24, 2.45) is 0 Å². The van der Waals surface area contributed by atoms with E-state index in [1.165, 1.54) is 0 Å². The number of fused-ring (bicyclic) bond motifs is 1. The van der Waals surface area contributed by atoms with Crippen molar-refractivity contribution in [2.75, 3.05) is 19.5 Å². The molecule has 0 radical (unpaired) electrons. The van der Waals surface area contributed by atoms with Gasteiger partial charge in [0.1, 0.15) is 11.5 Å². The number of amides is 1. The molecule has 7 nitrogen and oxygen atoms in total. The first-order valence-corrected chi connectivity index (χ1v) is 12.3. The third-order valence-corrected chi connectivity index (χ3v) is 6.09. The predicted molar refractivity (Wildman–Crippen MR) is 150 cm³/mol. The van der Waals surface area contributed by atoms with Crippen molar-refractivity contribution in [1.29, 1.82) is 0 Å². The largest absolute Gasteiger partial charge is 0.493 e. The van der Waals surface area contributed by atoms with Crippen LogP contribution in [-0.2, 0) is 11.2 Å². The van der Waals surface area contributed by atoms with E-state index < -0.39 is 0 Å². The average molecular weight is 536 g/mol. The highest BCUT2D eigenvalue weighted by atomic mass is 35.5. The molecule has 9 heteroatoms. The Kier molecular flexibility index (Phi) is 8.43. The number of aromatic nitrogens is 1. The molecule has 0 bridgehead atoms. The number of hydrogen-bond acceptors (Lipinski definition) is 6. The van der Waals surface area contributed by atoms with Crippen LogP contribution in [0.3, 0.4) is 0 Å². The monoisotopic (exact) mass is 535 g/mol. The third kappa shape index (κ3) is 6.67. The number of methoxy groups -OCH3 is 2. The molecule has 4 rings (SSSR count). The fourth-order valence-corrected chi connectivity index (χ4v) is 4.24. The predicted octanol–water partition coefficient (Wildman–Crippen LogP) is 6.45. The highest BCUT2D eigenvalue weighted by Gasteiger charge is 2.13. The third-order valence-electron chi connectivity index (χ3n) is 5.59. The van der Waals surface area contributed by atoms with E-state index in [-0.39, 0.29) is 11.0 Å². The van der Waals surface area contributed by atoms with Gasteiger partial charge in [0.2, 0.25) is 5.91 Å². The molecule has 0 aliphatic carbocycles. The molecule has 0 saturated carbocycles. The molecule has 3 aromatic carbocycles. The van der Waals surface area contributed by atoms with Crippen LogP contribution in [0.15, 0.2) is 66.9 Å². The first-order chi connectivity index (χ1) is 17.9. The van der Waals surface area contributed by atoms with Crippen molar-refractivity contribution in [2.45, 2.75) is 19.8 Å². The molecule has 190 valence electrons. The Bertz CT molecular complexity index is 1460. The molecule has 0 aliphatic heterocycles. The Balaban J connectivity index is 1.40. The van der Waals surface area contributed by atoms with Crippen molar-refractivity contribution in [1.82, 2.24) is 10.3 Å². The van der Waals surface area contributed by atoms with Crippen LogP contribution >= 0.6 is 23.8 Å². The maximum Gasteiger partial charge on any atom is 0.226 e. The number of pyridine rings is 1. The number of nitrogens with one attached hydrogen (secondary N) is 2. The fourth-order valence-electron chi connectivity index (χ4n) is 3.79. The number of rotatable bonds is 8. The second-order valence-corrected chi connectivity index (χ2v) is 9.09. The number of anilines is 1. The standard InChI is InChI=1S/C28H26ClN3O4S/c1-17-5-4-6-18(13-17)7-10-27(33)32-28(37)31-19-8-9-24(21(29)14-19)36-23-11-12-30-22-16-26(35-3)25(34-2)15-20(22)23/h4-6,8-9,11-16H,7,10H2,1-3H3,(H2,31,32,33,37). The van der Waals surface area contributed by atoms with Crippen LogP contribution in [-0.4, -0.2) is 30.2 Å². The summed E-state index contributed by atoms with van der Waals surface area (Å²) in [6, 6.07) is 18.6. The van der Waals surface area contributed by atoms with Gasteiger partial charge in [-0.15, -0.1) is 0 Å². The molecule has 4 aromatic rings. The van der Waals surface area contributed by atoms with Crippen LogP contribution in [0.4, 0.5) is 5.69 Å². The molecular weight excluding hydrogens is 510 g/mol. The van der Waals surface area contributed by atoms with Gasteiger partial charge in [-0.2, -0.15) is 0 Å². The van der Waals surface area contributed by atoms with Gasteiger partial charge >= 0.3 is 0 Å². The van der Waals surface area contributed by atoms with Gasteiger partial charge in [-0.1, -0.05) is 41.4 Å². The van der Waals surface area contributed by atoms with E-state index in [1.807, 2.05) is 25.1 Å². The Morgan fingerprint density at radius 3 is 2.49 bits per heavy atom. The van der Waals surface area contributed by atoms with Crippen LogP contribution in [0, 0.1) is 6.92 Å². The summed E-state index contributed by atoms with van der Waals surface area (Å²) >= 11 is 11.8. The fraction of sp³-hybridized carbons (Fsp3) is 0.179. The van der Waals surface area contributed by atoms with E-state index in [2.05, 4.69) is 21.7 Å². The lowest BCUT2D eigenvalue weighted by molar-refractivity contribution is -0.119. The summed E-state index contributed by atoms with van der Waals surface area (Å²) in [5.74, 6) is 1.98. The minimum atomic E-state index is -0.165. The summed E-state index contributed by atoms with van der Waals surface area (Å²) in [4.78, 5) is 16.7. The van der Waals surface area contributed by atoms with Crippen molar-refractivity contribution >= 4 is 51.4 Å². The van der Waals surface area contributed by atoms with E-state index in [0.29, 0.717) is 52.1 Å². The van der Waals surface area contributed by atoms with Crippen LogP contribution < -0.4 is 24.8 Å². The first kappa shape index (κ1) is 26.2. The second-order valence-electron chi connectivity index (χ2n) is 8.27. The molecule has 37 heavy (non-hydrogen) atoms. The van der Waals surface area contributed by atoms with Crippen LogP contribution in [0.25, 0.3) is 10.9 Å². The van der Waals surface area contributed by atoms with E-state index in [1.54, 1.807) is 56.8 Å². The SMILES string of the molecule is COc1cc2nccc(Oc3ccc(NC(=S)NC(=O)CCc4cccc(C)c4)cc3Cl)c2cc1OC. The zero-order valence-electron chi connectivity index (χ0n) is 20.6. The summed E-state index contributed by atoms with van der Waals surface area (Å²) in [6.07, 6.45) is 2.61. The van der Waals surface area contributed by atoms with Crippen LogP contribution in [0.5, 0.6) is 23.0 Å². The number of hydrogen-bond donors (Lipinski definition) is 2. The number of carbonyl (C=O) groups excluding carboxylic acids is 1. The van der Waals surface area contributed by atoms with Crippen molar-refractivity contribution < 1.29 is 19.0 Å². The number of carbonyl (C=O) groups is 1. The topological polar surface area (TPSA) is 81.7 Å². The van der Waals surface area contributed by atoms with Crippen molar-refractivity contribution in [3.63, 3.8) is 0 Å². The Hall–Kier alpha value is -3.88. The van der Waals surface area contributed by atoms with Gasteiger partial charge in [-0.3, -0.25) is 9.78 Å². The molecule has 0 fully saturated rings. The highest BCUT2D eigenvalue weighted by Crippen LogP contribution is 2.38. The number of nitrogens with zero attached hydrogens (tertiary/aromatic N) is 1. The second kappa shape index (κ2) is 11.9. The van der Waals surface area contributed by atoms with E-state index in [0.717, 1.165) is 16.5 Å². The smallest absolute Gasteiger partial charge is 0.226 e. The lowest BCUT2D eigenvalue weighted by Crippen LogP contribution is -2.34. The van der Waals surface area contributed by atoms with Gasteiger partial charge in [0.05, 0.1) is 24.8 Å². The minimum absolute atomic E-state index is 0.165. The first-order valence-electron chi connectivity index (χ1n) is 11.5. The number of aryl methyl sites for hydroxylation is 2. The average Bonchev–Trinajstić information content (AvgIpc) is 2.88. The molecule has 2 N–H and O–H groups in total. The number of ether oxygens (including phenoxy) is 3. The number of thiocarbonyl (C=S) groups is 1. The van der Waals surface area contributed by atoms with Gasteiger partial charge in [-0.05, 0) is 61.5 Å². The zero-order valence-corrected chi connectivity index (χ0v) is 22.2.